The van der Waals surface area contributed by atoms with E-state index in [-0.39, 0.29) is 17.7 Å². The first-order chi connectivity index (χ1) is 10.2. The van der Waals surface area contributed by atoms with Gasteiger partial charge in [0.2, 0.25) is 11.8 Å². The number of carbonyl (C=O) groups is 2. The molecule has 21 heavy (non-hydrogen) atoms. The van der Waals surface area contributed by atoms with Gasteiger partial charge in [-0.3, -0.25) is 9.59 Å². The van der Waals surface area contributed by atoms with E-state index in [1.165, 1.54) is 0 Å². The normalized spacial score (nSPS) is 21.9. The van der Waals surface area contributed by atoms with Crippen LogP contribution in [-0.2, 0) is 22.6 Å². The van der Waals surface area contributed by atoms with Crippen molar-refractivity contribution in [3.05, 3.63) is 18.2 Å². The molecule has 1 aliphatic heterocycles. The van der Waals surface area contributed by atoms with Crippen LogP contribution in [0.4, 0.5) is 0 Å². The van der Waals surface area contributed by atoms with Crippen molar-refractivity contribution >= 4 is 11.8 Å². The Bertz CT molecular complexity index is 536. The Labute approximate surface area is 124 Å². The van der Waals surface area contributed by atoms with Gasteiger partial charge in [0.15, 0.2) is 0 Å². The highest BCUT2D eigenvalue weighted by Gasteiger charge is 2.41. The Morgan fingerprint density at radius 3 is 3.00 bits per heavy atom. The zero-order valence-electron chi connectivity index (χ0n) is 12.4. The minimum Gasteiger partial charge on any atom is -0.354 e. The van der Waals surface area contributed by atoms with Crippen molar-refractivity contribution in [2.24, 2.45) is 5.92 Å². The lowest BCUT2D eigenvalue weighted by Gasteiger charge is -2.15. The largest absolute Gasteiger partial charge is 0.354 e. The number of nitrogens with zero attached hydrogens (tertiary/aromatic N) is 3. The fourth-order valence-corrected chi connectivity index (χ4v) is 2.95. The average Bonchev–Trinajstić information content (AvgIpc) is 3.09. The summed E-state index contributed by atoms with van der Waals surface area (Å²) in [6.45, 7) is 3.97. The van der Waals surface area contributed by atoms with E-state index in [9.17, 15) is 9.59 Å². The van der Waals surface area contributed by atoms with Gasteiger partial charge in [-0.1, -0.05) is 6.92 Å². The van der Waals surface area contributed by atoms with Gasteiger partial charge in [0, 0.05) is 50.9 Å². The SMILES string of the molecule is CCc1nccn1CCNC(=O)[C@H]1CC(=O)N(C2CC2)C1. The Morgan fingerprint density at radius 2 is 2.29 bits per heavy atom. The van der Waals surface area contributed by atoms with Crippen LogP contribution in [0, 0.1) is 5.92 Å². The van der Waals surface area contributed by atoms with Crippen LogP contribution in [0.3, 0.4) is 0 Å². The maximum atomic E-state index is 12.1. The highest BCUT2D eigenvalue weighted by Crippen LogP contribution is 2.32. The lowest BCUT2D eigenvalue weighted by Crippen LogP contribution is -2.35. The molecule has 3 rings (SSSR count). The van der Waals surface area contributed by atoms with Crippen LogP contribution >= 0.6 is 0 Å². The van der Waals surface area contributed by atoms with Gasteiger partial charge >= 0.3 is 0 Å². The highest BCUT2D eigenvalue weighted by molar-refractivity contribution is 5.89. The van der Waals surface area contributed by atoms with Crippen molar-refractivity contribution in [1.29, 1.82) is 0 Å². The number of aryl methyl sites for hydroxylation is 1. The quantitative estimate of drug-likeness (QED) is 0.833. The number of hydrogen-bond acceptors (Lipinski definition) is 3. The Balaban J connectivity index is 1.45. The van der Waals surface area contributed by atoms with Crippen molar-refractivity contribution in [3.8, 4) is 0 Å². The molecule has 1 saturated heterocycles. The molecule has 1 aromatic rings. The molecule has 1 N–H and O–H groups in total. The summed E-state index contributed by atoms with van der Waals surface area (Å²) in [7, 11) is 0. The fourth-order valence-electron chi connectivity index (χ4n) is 2.95. The number of nitrogens with one attached hydrogen (secondary N) is 1. The third kappa shape index (κ3) is 3.09. The van der Waals surface area contributed by atoms with Gasteiger partial charge in [-0.2, -0.15) is 0 Å². The number of carbonyl (C=O) groups excluding carboxylic acids is 2. The topological polar surface area (TPSA) is 67.2 Å². The molecule has 0 aromatic carbocycles. The van der Waals surface area contributed by atoms with Gasteiger partial charge in [0.05, 0.1) is 5.92 Å². The van der Waals surface area contributed by atoms with E-state index >= 15 is 0 Å². The van der Waals surface area contributed by atoms with Crippen LogP contribution in [0.5, 0.6) is 0 Å². The second-order valence-corrected chi connectivity index (χ2v) is 5.86. The van der Waals surface area contributed by atoms with E-state index in [0.29, 0.717) is 25.6 Å². The first kappa shape index (κ1) is 14.1. The van der Waals surface area contributed by atoms with E-state index in [0.717, 1.165) is 31.6 Å². The maximum absolute atomic E-state index is 12.1. The van der Waals surface area contributed by atoms with E-state index in [4.69, 9.17) is 0 Å². The zero-order valence-corrected chi connectivity index (χ0v) is 12.4. The minimum atomic E-state index is -0.175. The second kappa shape index (κ2) is 5.87. The molecule has 1 atom stereocenters. The fraction of sp³-hybridized carbons (Fsp3) is 0.667. The van der Waals surface area contributed by atoms with E-state index in [2.05, 4.69) is 21.8 Å². The average molecular weight is 290 g/mol. The van der Waals surface area contributed by atoms with Crippen LogP contribution in [0.25, 0.3) is 0 Å². The monoisotopic (exact) mass is 290 g/mol. The summed E-state index contributed by atoms with van der Waals surface area (Å²) in [4.78, 5) is 30.1. The second-order valence-electron chi connectivity index (χ2n) is 5.86. The molecule has 0 bridgehead atoms. The molecule has 0 spiro atoms. The lowest BCUT2D eigenvalue weighted by molar-refractivity contribution is -0.129. The van der Waals surface area contributed by atoms with E-state index in [1.54, 1.807) is 6.20 Å². The summed E-state index contributed by atoms with van der Waals surface area (Å²) >= 11 is 0. The molecule has 0 unspecified atom stereocenters. The molecule has 6 nitrogen and oxygen atoms in total. The van der Waals surface area contributed by atoms with Gasteiger partial charge in [0.1, 0.15) is 5.82 Å². The molecular weight excluding hydrogens is 268 g/mol. The number of imidazole rings is 1. The smallest absolute Gasteiger partial charge is 0.225 e. The Morgan fingerprint density at radius 1 is 1.48 bits per heavy atom. The summed E-state index contributed by atoms with van der Waals surface area (Å²) in [5.74, 6) is 0.997. The molecule has 1 aliphatic carbocycles. The third-order valence-corrected chi connectivity index (χ3v) is 4.29. The first-order valence-electron chi connectivity index (χ1n) is 7.76. The molecule has 2 aliphatic rings. The van der Waals surface area contributed by atoms with Gasteiger partial charge in [-0.05, 0) is 12.8 Å². The summed E-state index contributed by atoms with van der Waals surface area (Å²) in [6, 6.07) is 0.411. The van der Waals surface area contributed by atoms with Crippen molar-refractivity contribution in [1.82, 2.24) is 19.8 Å². The molecule has 6 heteroatoms. The number of likely N-dealkylation sites (tertiary alicyclic amines) is 1. The highest BCUT2D eigenvalue weighted by atomic mass is 16.2. The van der Waals surface area contributed by atoms with Crippen molar-refractivity contribution in [2.75, 3.05) is 13.1 Å². The zero-order chi connectivity index (χ0) is 14.8. The van der Waals surface area contributed by atoms with Crippen LogP contribution in [-0.4, -0.2) is 45.4 Å². The molecule has 2 heterocycles. The standard InChI is InChI=1S/C15H22N4O2/c1-2-13-16-5-7-18(13)8-6-17-15(21)11-9-14(20)19(10-11)12-3-4-12/h5,7,11-12H,2-4,6,8-10H2,1H3,(H,17,21)/t11-/m0/s1. The molecule has 1 aromatic heterocycles. The summed E-state index contributed by atoms with van der Waals surface area (Å²) in [5, 5.41) is 2.95. The van der Waals surface area contributed by atoms with Crippen LogP contribution < -0.4 is 5.32 Å². The van der Waals surface area contributed by atoms with Gasteiger partial charge in [0.25, 0.3) is 0 Å². The van der Waals surface area contributed by atoms with E-state index < -0.39 is 0 Å². The van der Waals surface area contributed by atoms with Gasteiger partial charge in [-0.15, -0.1) is 0 Å². The van der Waals surface area contributed by atoms with Gasteiger partial charge in [-0.25, -0.2) is 4.98 Å². The Hall–Kier alpha value is -1.85. The summed E-state index contributed by atoms with van der Waals surface area (Å²) in [6.07, 6.45) is 7.16. The van der Waals surface area contributed by atoms with Crippen LogP contribution in [0.15, 0.2) is 12.4 Å². The molecule has 0 radical (unpaired) electrons. The third-order valence-electron chi connectivity index (χ3n) is 4.29. The maximum Gasteiger partial charge on any atom is 0.225 e. The van der Waals surface area contributed by atoms with Crippen molar-refractivity contribution in [2.45, 2.75) is 45.2 Å². The van der Waals surface area contributed by atoms with Crippen LogP contribution in [0.1, 0.15) is 32.0 Å². The first-order valence-corrected chi connectivity index (χ1v) is 7.76. The van der Waals surface area contributed by atoms with Crippen molar-refractivity contribution in [3.63, 3.8) is 0 Å². The predicted molar refractivity (Wildman–Crippen MR) is 77.5 cm³/mol. The molecule has 1 saturated carbocycles. The van der Waals surface area contributed by atoms with Crippen molar-refractivity contribution < 1.29 is 9.59 Å². The molecule has 2 amide bonds. The van der Waals surface area contributed by atoms with E-state index in [1.807, 2.05) is 11.1 Å². The molecule has 114 valence electrons. The van der Waals surface area contributed by atoms with Gasteiger partial charge < -0.3 is 14.8 Å². The Kier molecular flexibility index (Phi) is 3.94. The molecular formula is C15H22N4O2. The summed E-state index contributed by atoms with van der Waals surface area (Å²) in [5.41, 5.74) is 0. The number of amides is 2. The molecule has 2 fully saturated rings. The minimum absolute atomic E-state index is 0.00432. The summed E-state index contributed by atoms with van der Waals surface area (Å²) < 4.78 is 2.05. The number of hydrogen-bond donors (Lipinski definition) is 1. The van der Waals surface area contributed by atoms with Crippen LogP contribution in [0.2, 0.25) is 0 Å². The number of aromatic nitrogens is 2. The predicted octanol–water partition coefficient (Wildman–Crippen LogP) is 0.573. The number of rotatable bonds is 6. The lowest BCUT2D eigenvalue weighted by atomic mass is 10.1.